The van der Waals surface area contributed by atoms with Gasteiger partial charge in [-0.3, -0.25) is 9.59 Å². The number of likely N-dealkylation sites (tertiary alicyclic amines) is 1. The maximum atomic E-state index is 12.6. The second kappa shape index (κ2) is 6.82. The van der Waals surface area contributed by atoms with Gasteiger partial charge in [0.2, 0.25) is 5.91 Å². The van der Waals surface area contributed by atoms with E-state index in [0.717, 1.165) is 25.9 Å². The van der Waals surface area contributed by atoms with Crippen LogP contribution in [0.4, 0.5) is 0 Å². The van der Waals surface area contributed by atoms with Crippen LogP contribution in [0.1, 0.15) is 28.9 Å². The molecule has 2 amide bonds. The first-order chi connectivity index (χ1) is 11.6. The van der Waals surface area contributed by atoms with Crippen molar-refractivity contribution >= 4 is 11.8 Å². The topological polar surface area (TPSA) is 71.3 Å². The summed E-state index contributed by atoms with van der Waals surface area (Å²) in [6, 6.07) is 5.52. The summed E-state index contributed by atoms with van der Waals surface area (Å²) < 4.78 is 1.63. The summed E-state index contributed by atoms with van der Waals surface area (Å²) in [7, 11) is 1.65. The molecule has 7 nitrogen and oxygen atoms in total. The summed E-state index contributed by atoms with van der Waals surface area (Å²) in [6.07, 6.45) is 5.29. The van der Waals surface area contributed by atoms with Gasteiger partial charge in [-0.2, -0.15) is 5.10 Å². The van der Waals surface area contributed by atoms with E-state index < -0.39 is 0 Å². The zero-order valence-electron chi connectivity index (χ0n) is 14.0. The second-order valence-corrected chi connectivity index (χ2v) is 5.99. The highest BCUT2D eigenvalue weighted by Gasteiger charge is 2.24. The molecule has 0 N–H and O–H groups in total. The van der Waals surface area contributed by atoms with Crippen LogP contribution in [0.5, 0.6) is 0 Å². The molecule has 0 spiro atoms. The minimum Gasteiger partial charge on any atom is -0.341 e. The van der Waals surface area contributed by atoms with E-state index >= 15 is 0 Å². The maximum Gasteiger partial charge on any atom is 0.257 e. The Morgan fingerprint density at radius 2 is 2.00 bits per heavy atom. The minimum atomic E-state index is -0.206. The average molecular weight is 327 g/mol. The molecule has 0 atom stereocenters. The molecule has 1 aliphatic rings. The van der Waals surface area contributed by atoms with Crippen molar-refractivity contribution in [2.75, 3.05) is 26.7 Å². The van der Waals surface area contributed by atoms with E-state index in [1.54, 1.807) is 17.9 Å². The van der Waals surface area contributed by atoms with Gasteiger partial charge in [0.05, 0.1) is 24.0 Å². The Morgan fingerprint density at radius 3 is 2.67 bits per heavy atom. The number of hydrogen-bond donors (Lipinski definition) is 0. The standard InChI is InChI=1S/C17H21N5O2/c1-13-14(11-19-22(13)15-7-3-4-8-18-15)17(24)20(2)12-16(23)21-9-5-6-10-21/h3-4,7-8,11H,5-6,9-10,12H2,1-2H3. The molecule has 0 aliphatic carbocycles. The lowest BCUT2D eigenvalue weighted by molar-refractivity contribution is -0.130. The van der Waals surface area contributed by atoms with Crippen molar-refractivity contribution in [3.8, 4) is 5.82 Å². The summed E-state index contributed by atoms with van der Waals surface area (Å²) in [5.41, 5.74) is 1.19. The van der Waals surface area contributed by atoms with Gasteiger partial charge >= 0.3 is 0 Å². The zero-order chi connectivity index (χ0) is 17.1. The smallest absolute Gasteiger partial charge is 0.257 e. The van der Waals surface area contributed by atoms with E-state index in [2.05, 4.69) is 10.1 Å². The lowest BCUT2D eigenvalue weighted by Gasteiger charge is -2.21. The van der Waals surface area contributed by atoms with Gasteiger partial charge in [-0.05, 0) is 31.9 Å². The quantitative estimate of drug-likeness (QED) is 0.848. The van der Waals surface area contributed by atoms with Gasteiger partial charge < -0.3 is 9.80 Å². The number of pyridine rings is 1. The fourth-order valence-electron chi connectivity index (χ4n) is 2.88. The summed E-state index contributed by atoms with van der Waals surface area (Å²) in [5, 5.41) is 4.26. The van der Waals surface area contributed by atoms with E-state index in [4.69, 9.17) is 0 Å². The van der Waals surface area contributed by atoms with Crippen LogP contribution in [0.15, 0.2) is 30.6 Å². The number of likely N-dealkylation sites (N-methyl/N-ethyl adjacent to an activating group) is 1. The summed E-state index contributed by atoms with van der Waals surface area (Å²) in [5.74, 6) is 0.449. The molecule has 1 saturated heterocycles. The van der Waals surface area contributed by atoms with E-state index in [-0.39, 0.29) is 18.4 Å². The molecule has 7 heteroatoms. The molecular formula is C17H21N5O2. The van der Waals surface area contributed by atoms with Gasteiger partial charge in [-0.15, -0.1) is 0 Å². The number of nitrogens with zero attached hydrogens (tertiary/aromatic N) is 5. The van der Waals surface area contributed by atoms with Crippen molar-refractivity contribution in [1.82, 2.24) is 24.6 Å². The first-order valence-corrected chi connectivity index (χ1v) is 8.07. The highest BCUT2D eigenvalue weighted by Crippen LogP contribution is 2.14. The summed E-state index contributed by atoms with van der Waals surface area (Å²) in [4.78, 5) is 32.4. The Kier molecular flexibility index (Phi) is 4.59. The lowest BCUT2D eigenvalue weighted by atomic mass is 10.2. The van der Waals surface area contributed by atoms with E-state index in [1.165, 1.54) is 11.1 Å². The third-order valence-electron chi connectivity index (χ3n) is 4.28. The van der Waals surface area contributed by atoms with Gasteiger partial charge in [0.1, 0.15) is 0 Å². The Bertz CT molecular complexity index is 735. The van der Waals surface area contributed by atoms with Crippen LogP contribution >= 0.6 is 0 Å². The molecule has 1 aliphatic heterocycles. The average Bonchev–Trinajstić information content (AvgIpc) is 3.24. The number of amides is 2. The second-order valence-electron chi connectivity index (χ2n) is 5.99. The predicted octanol–water partition coefficient (Wildman–Crippen LogP) is 1.27. The normalized spacial score (nSPS) is 14.0. The van der Waals surface area contributed by atoms with Crippen molar-refractivity contribution in [2.24, 2.45) is 0 Å². The monoisotopic (exact) mass is 327 g/mol. The molecule has 2 aromatic rings. The van der Waals surface area contributed by atoms with Crippen LogP contribution in [0.25, 0.3) is 5.82 Å². The summed E-state index contributed by atoms with van der Waals surface area (Å²) in [6.45, 7) is 3.49. The predicted molar refractivity (Wildman–Crippen MR) is 88.9 cm³/mol. The molecule has 2 aromatic heterocycles. The molecule has 3 heterocycles. The van der Waals surface area contributed by atoms with Crippen molar-refractivity contribution in [3.63, 3.8) is 0 Å². The van der Waals surface area contributed by atoms with E-state index in [9.17, 15) is 9.59 Å². The van der Waals surface area contributed by atoms with Crippen LogP contribution in [0, 0.1) is 6.92 Å². The van der Waals surface area contributed by atoms with Crippen molar-refractivity contribution < 1.29 is 9.59 Å². The zero-order valence-corrected chi connectivity index (χ0v) is 14.0. The van der Waals surface area contributed by atoms with Crippen LogP contribution in [0.2, 0.25) is 0 Å². The molecule has 0 saturated carbocycles. The lowest BCUT2D eigenvalue weighted by Crippen LogP contribution is -2.39. The molecule has 0 unspecified atom stereocenters. The largest absolute Gasteiger partial charge is 0.341 e. The molecule has 24 heavy (non-hydrogen) atoms. The van der Waals surface area contributed by atoms with E-state index in [1.807, 2.05) is 30.0 Å². The minimum absolute atomic E-state index is 0.00174. The molecule has 126 valence electrons. The Hall–Kier alpha value is -2.70. The molecule has 0 radical (unpaired) electrons. The van der Waals surface area contributed by atoms with Crippen molar-refractivity contribution in [2.45, 2.75) is 19.8 Å². The number of hydrogen-bond acceptors (Lipinski definition) is 4. The molecular weight excluding hydrogens is 306 g/mol. The number of aromatic nitrogens is 3. The SMILES string of the molecule is Cc1c(C(=O)N(C)CC(=O)N2CCCC2)cnn1-c1ccccn1. The summed E-state index contributed by atoms with van der Waals surface area (Å²) >= 11 is 0. The van der Waals surface area contributed by atoms with Gasteiger partial charge in [0.15, 0.2) is 5.82 Å². The van der Waals surface area contributed by atoms with Crippen LogP contribution < -0.4 is 0 Å². The van der Waals surface area contributed by atoms with Crippen molar-refractivity contribution in [1.29, 1.82) is 0 Å². The first-order valence-electron chi connectivity index (χ1n) is 8.07. The number of rotatable bonds is 4. The molecule has 3 rings (SSSR count). The molecule has 0 aromatic carbocycles. The molecule has 0 bridgehead atoms. The van der Waals surface area contributed by atoms with Crippen LogP contribution in [-0.2, 0) is 4.79 Å². The van der Waals surface area contributed by atoms with Crippen LogP contribution in [0.3, 0.4) is 0 Å². The van der Waals surface area contributed by atoms with Gasteiger partial charge in [-0.1, -0.05) is 6.07 Å². The Labute approximate surface area is 140 Å². The van der Waals surface area contributed by atoms with Gasteiger partial charge in [0, 0.05) is 26.3 Å². The Balaban J connectivity index is 1.73. The van der Waals surface area contributed by atoms with Gasteiger partial charge in [0.25, 0.3) is 5.91 Å². The maximum absolute atomic E-state index is 12.6. The highest BCUT2D eigenvalue weighted by molar-refractivity contribution is 5.97. The fraction of sp³-hybridized carbons (Fsp3) is 0.412. The first kappa shape index (κ1) is 16.2. The van der Waals surface area contributed by atoms with Crippen LogP contribution in [-0.4, -0.2) is 63.1 Å². The molecule has 1 fully saturated rings. The Morgan fingerprint density at radius 1 is 1.25 bits per heavy atom. The third kappa shape index (κ3) is 3.15. The fourth-order valence-corrected chi connectivity index (χ4v) is 2.88. The van der Waals surface area contributed by atoms with Gasteiger partial charge in [-0.25, -0.2) is 9.67 Å². The number of carbonyl (C=O) groups is 2. The highest BCUT2D eigenvalue weighted by atomic mass is 16.2. The number of carbonyl (C=O) groups excluding carboxylic acids is 2. The van der Waals surface area contributed by atoms with E-state index in [0.29, 0.717) is 17.1 Å². The van der Waals surface area contributed by atoms with Crippen molar-refractivity contribution in [3.05, 3.63) is 41.9 Å². The third-order valence-corrected chi connectivity index (χ3v) is 4.28.